The highest BCUT2D eigenvalue weighted by molar-refractivity contribution is 7.85. The van der Waals surface area contributed by atoms with E-state index in [0.717, 1.165) is 109 Å². The lowest BCUT2D eigenvalue weighted by Gasteiger charge is -2.31. The molecule has 2 aliphatic rings. The summed E-state index contributed by atoms with van der Waals surface area (Å²) in [6.07, 6.45) is 5.32. The zero-order chi connectivity index (χ0) is 56.2. The van der Waals surface area contributed by atoms with Crippen LogP contribution in [-0.4, -0.2) is 45.0 Å². The number of fused-ring (bicyclic) bond motifs is 8. The fraction of sp³-hybridized carbons (Fsp3) is 0.471. The Morgan fingerprint density at radius 1 is 0.500 bits per heavy atom. The van der Waals surface area contributed by atoms with Crippen LogP contribution in [-0.2, 0) is 51.2 Å². The molecule has 0 spiro atoms. The number of nitrogens with zero attached hydrogens (tertiary/aromatic N) is 1. The highest BCUT2D eigenvalue weighted by atomic mass is 31.2. The molecule has 0 saturated heterocycles. The van der Waals surface area contributed by atoms with E-state index in [1.54, 1.807) is 0 Å². The zero-order valence-electron chi connectivity index (χ0n) is 50.0. The first-order valence-corrected chi connectivity index (χ1v) is 30.9. The van der Waals surface area contributed by atoms with Crippen molar-refractivity contribution in [2.24, 2.45) is 10.9 Å². The van der Waals surface area contributed by atoms with Crippen LogP contribution in [0.3, 0.4) is 0 Å². The van der Waals surface area contributed by atoms with Crippen molar-refractivity contribution in [2.75, 3.05) is 33.0 Å². The molecule has 7 nitrogen and oxygen atoms in total. The van der Waals surface area contributed by atoms with Crippen LogP contribution in [0, 0.1) is 5.92 Å². The standard InChI is InChI=1S/C70H90NO6P/c1-16-30-73-62-47-34-48-38-55(69(10,11)12)41-51(63(48)74-31-17-2)36-52-44-60(67-71-61(45-77-67)46(5)6)66(78(72,57-26-22-20-23-27-57)58-28-24-21-25-29-58)59(65(52)76-33-19-4)43-53-42-56(70(13,14)15)40-50(64(53)75-32-18-3)35-49(62)39-54(37-47)68(7,8)9/h20-29,37-42,44,46,61H,16-19,30-36,43,45H2,1-15H3/t61-/m1/s1. The van der Waals surface area contributed by atoms with Gasteiger partial charge in [-0.2, -0.15) is 0 Å². The van der Waals surface area contributed by atoms with Crippen molar-refractivity contribution >= 4 is 29.0 Å². The highest BCUT2D eigenvalue weighted by Crippen LogP contribution is 2.50. The molecule has 0 saturated carbocycles. The minimum atomic E-state index is -3.81. The second-order valence-electron chi connectivity index (χ2n) is 25.3. The van der Waals surface area contributed by atoms with E-state index < -0.39 is 7.14 Å². The molecule has 0 amide bonds. The monoisotopic (exact) mass is 1070 g/mol. The molecule has 1 heterocycles. The van der Waals surface area contributed by atoms with Crippen molar-refractivity contribution in [1.82, 2.24) is 0 Å². The largest absolute Gasteiger partial charge is 0.493 e. The lowest BCUT2D eigenvalue weighted by Crippen LogP contribution is -2.33. The molecule has 416 valence electrons. The van der Waals surface area contributed by atoms with Gasteiger partial charge in [-0.05, 0) is 110 Å². The zero-order valence-corrected chi connectivity index (χ0v) is 50.9. The van der Waals surface area contributed by atoms with Gasteiger partial charge in [0.05, 0.1) is 32.5 Å². The summed E-state index contributed by atoms with van der Waals surface area (Å²) >= 11 is 0. The van der Waals surface area contributed by atoms with Gasteiger partial charge in [-0.1, -0.05) is 201 Å². The van der Waals surface area contributed by atoms with Crippen LogP contribution in [0.1, 0.15) is 196 Å². The normalized spacial score (nSPS) is 15.0. The molecule has 78 heavy (non-hydrogen) atoms. The molecule has 6 aromatic rings. The summed E-state index contributed by atoms with van der Waals surface area (Å²) in [6, 6.07) is 36.5. The molecule has 1 aliphatic carbocycles. The summed E-state index contributed by atoms with van der Waals surface area (Å²) in [5, 5.41) is 2.15. The van der Waals surface area contributed by atoms with Crippen LogP contribution in [0.4, 0.5) is 0 Å². The van der Waals surface area contributed by atoms with Crippen LogP contribution in [0.5, 0.6) is 23.0 Å². The van der Waals surface area contributed by atoms with E-state index in [0.29, 0.717) is 69.9 Å². The quantitative estimate of drug-likeness (QED) is 0.0846. The summed E-state index contributed by atoms with van der Waals surface area (Å²) in [6.45, 7) is 36.3. The number of benzene rings is 6. The molecule has 8 rings (SSSR count). The van der Waals surface area contributed by atoms with Crippen molar-refractivity contribution in [3.05, 3.63) is 170 Å². The summed E-state index contributed by atoms with van der Waals surface area (Å²) in [5.74, 6) is 4.14. The molecule has 8 bridgehead atoms. The maximum atomic E-state index is 17.7. The molecule has 0 N–H and O–H groups in total. The Balaban J connectivity index is 1.64. The number of hydrogen-bond donors (Lipinski definition) is 0. The van der Waals surface area contributed by atoms with E-state index in [-0.39, 0.29) is 28.2 Å². The summed E-state index contributed by atoms with van der Waals surface area (Å²) < 4.78 is 53.3. The van der Waals surface area contributed by atoms with Crippen molar-refractivity contribution < 1.29 is 28.2 Å². The van der Waals surface area contributed by atoms with Crippen LogP contribution in [0.15, 0.2) is 108 Å². The third-order valence-corrected chi connectivity index (χ3v) is 18.5. The van der Waals surface area contributed by atoms with Gasteiger partial charge in [0, 0.05) is 52.7 Å². The average molecular weight is 1070 g/mol. The van der Waals surface area contributed by atoms with E-state index in [4.69, 9.17) is 28.7 Å². The first-order valence-electron chi connectivity index (χ1n) is 29.2. The third-order valence-electron chi connectivity index (χ3n) is 15.3. The van der Waals surface area contributed by atoms with Gasteiger partial charge in [0.1, 0.15) is 29.6 Å². The summed E-state index contributed by atoms with van der Waals surface area (Å²) in [4.78, 5) is 5.43. The highest BCUT2D eigenvalue weighted by Gasteiger charge is 2.41. The molecule has 1 atom stereocenters. The van der Waals surface area contributed by atoms with Gasteiger partial charge >= 0.3 is 0 Å². The second-order valence-corrected chi connectivity index (χ2v) is 28.0. The lowest BCUT2D eigenvalue weighted by molar-refractivity contribution is 0.291. The third kappa shape index (κ3) is 12.6. The van der Waals surface area contributed by atoms with Crippen molar-refractivity contribution in [3.8, 4) is 23.0 Å². The van der Waals surface area contributed by atoms with E-state index in [2.05, 4.69) is 146 Å². The molecular formula is C70H90NO6P. The van der Waals surface area contributed by atoms with Crippen LogP contribution in [0.2, 0.25) is 0 Å². The van der Waals surface area contributed by atoms with E-state index >= 15 is 4.57 Å². The van der Waals surface area contributed by atoms with Crippen molar-refractivity contribution in [2.45, 2.75) is 178 Å². The molecule has 6 aromatic carbocycles. The summed E-state index contributed by atoms with van der Waals surface area (Å²) in [7, 11) is -3.81. The minimum absolute atomic E-state index is 0.0728. The predicted octanol–water partition coefficient (Wildman–Crippen LogP) is 15.9. The Morgan fingerprint density at radius 3 is 1.15 bits per heavy atom. The Morgan fingerprint density at radius 2 is 0.833 bits per heavy atom. The maximum Gasteiger partial charge on any atom is 0.217 e. The maximum absolute atomic E-state index is 17.7. The van der Waals surface area contributed by atoms with Crippen LogP contribution < -0.4 is 34.9 Å². The lowest BCUT2D eigenvalue weighted by atomic mass is 9.80. The van der Waals surface area contributed by atoms with Crippen molar-refractivity contribution in [1.29, 1.82) is 0 Å². The average Bonchev–Trinajstić information content (AvgIpc) is 4.03. The molecule has 0 fully saturated rings. The number of ether oxygens (including phenoxy) is 5. The van der Waals surface area contributed by atoms with E-state index in [1.807, 2.05) is 60.7 Å². The Bertz CT molecular complexity index is 3090. The topological polar surface area (TPSA) is 75.6 Å². The molecule has 0 radical (unpaired) electrons. The number of aliphatic imine (C=N–C) groups is 1. The smallest absolute Gasteiger partial charge is 0.217 e. The molecule has 8 heteroatoms. The molecule has 0 aromatic heterocycles. The Hall–Kier alpha value is -5.78. The molecule has 0 unspecified atom stereocenters. The molecular weight excluding hydrogens is 982 g/mol. The Kier molecular flexibility index (Phi) is 18.2. The van der Waals surface area contributed by atoms with E-state index in [9.17, 15) is 0 Å². The van der Waals surface area contributed by atoms with Gasteiger partial charge < -0.3 is 28.2 Å². The SMILES string of the molecule is CCCOc1c2cc(C(C)(C)C)cc1Cc1cc(C(C)(C)C)cc(c1OCCC)Cc1c(OCCC)c(cc(C3=N[C@@H](C(C)C)CO3)c1P(=O)(c1ccccc1)c1ccccc1)Cc1cc(C(C)(C)C)cc(c1OCCC)C2. The van der Waals surface area contributed by atoms with Gasteiger partial charge in [-0.25, -0.2) is 4.99 Å². The van der Waals surface area contributed by atoms with Crippen molar-refractivity contribution in [3.63, 3.8) is 0 Å². The first-order chi connectivity index (χ1) is 37.1. The van der Waals surface area contributed by atoms with Gasteiger partial charge in [0.2, 0.25) is 5.90 Å². The summed E-state index contributed by atoms with van der Waals surface area (Å²) in [5.41, 5.74) is 12.2. The van der Waals surface area contributed by atoms with Gasteiger partial charge in [-0.3, -0.25) is 0 Å². The van der Waals surface area contributed by atoms with Crippen LogP contribution in [0.25, 0.3) is 0 Å². The van der Waals surface area contributed by atoms with Gasteiger partial charge in [-0.15, -0.1) is 0 Å². The fourth-order valence-corrected chi connectivity index (χ4v) is 13.9. The predicted molar refractivity (Wildman–Crippen MR) is 327 cm³/mol. The number of rotatable bonds is 17. The first kappa shape index (κ1) is 58.4. The van der Waals surface area contributed by atoms with Gasteiger partial charge in [0.25, 0.3) is 0 Å². The van der Waals surface area contributed by atoms with E-state index in [1.165, 1.54) is 16.7 Å². The molecule has 1 aliphatic heterocycles. The fourth-order valence-electron chi connectivity index (χ4n) is 10.9. The Labute approximate surface area is 469 Å². The number of hydrogen-bond acceptors (Lipinski definition) is 7. The minimum Gasteiger partial charge on any atom is -0.493 e. The van der Waals surface area contributed by atoms with Gasteiger partial charge in [0.15, 0.2) is 7.14 Å². The van der Waals surface area contributed by atoms with Crippen LogP contribution >= 0.6 is 7.14 Å². The second kappa shape index (κ2) is 24.3.